The van der Waals surface area contributed by atoms with Gasteiger partial charge in [-0.25, -0.2) is 26.7 Å². The summed E-state index contributed by atoms with van der Waals surface area (Å²) in [5, 5.41) is 1.78. The molecule has 25 heavy (non-hydrogen) atoms. The van der Waals surface area contributed by atoms with Crippen LogP contribution in [0.4, 0.5) is 9.18 Å². The molecule has 1 aromatic carbocycles. The number of carbonyl (C=O) groups is 3. The molecule has 0 heterocycles. The van der Waals surface area contributed by atoms with E-state index < -0.39 is 45.5 Å². The topological polar surface area (TPSA) is 119 Å². The Morgan fingerprint density at radius 2 is 1.84 bits per heavy atom. The molecule has 0 aromatic heterocycles. The van der Waals surface area contributed by atoms with Crippen molar-refractivity contribution < 1.29 is 36.7 Å². The number of hydrogen-bond donors (Lipinski definition) is 1. The number of hydrogen-bond acceptors (Lipinski definition) is 7. The predicted octanol–water partition coefficient (Wildman–Crippen LogP) is 0.504. The van der Waals surface area contributed by atoms with Crippen LogP contribution in [0.25, 0.3) is 0 Å². The molecule has 0 fully saturated rings. The minimum atomic E-state index is -3.90. The molecule has 0 spiro atoms. The van der Waals surface area contributed by atoms with E-state index in [1.54, 1.807) is 5.32 Å². The summed E-state index contributed by atoms with van der Waals surface area (Å²) in [6.45, 7) is 1.15. The van der Waals surface area contributed by atoms with Gasteiger partial charge in [-0.2, -0.15) is 0 Å². The first-order valence-electron chi connectivity index (χ1n) is 6.82. The van der Waals surface area contributed by atoms with Gasteiger partial charge in [0, 0.05) is 14.1 Å². The summed E-state index contributed by atoms with van der Waals surface area (Å²) in [6, 6.07) is 2.60. The second-order valence-corrected chi connectivity index (χ2v) is 7.11. The van der Waals surface area contributed by atoms with Crippen LogP contribution in [0.15, 0.2) is 23.1 Å². The summed E-state index contributed by atoms with van der Waals surface area (Å²) < 4.78 is 47.8. The van der Waals surface area contributed by atoms with Gasteiger partial charge in [-0.1, -0.05) is 0 Å². The van der Waals surface area contributed by atoms with Crippen molar-refractivity contribution in [3.05, 3.63) is 29.6 Å². The second kappa shape index (κ2) is 8.03. The zero-order valence-electron chi connectivity index (χ0n) is 13.9. The Bertz CT molecular complexity index is 792. The molecule has 0 saturated heterocycles. The largest absolute Gasteiger partial charge is 0.453 e. The second-order valence-electron chi connectivity index (χ2n) is 4.96. The molecule has 0 saturated carbocycles. The highest BCUT2D eigenvalue weighted by Gasteiger charge is 2.25. The minimum Gasteiger partial charge on any atom is -0.453 e. The van der Waals surface area contributed by atoms with Crippen LogP contribution in [0.3, 0.4) is 0 Å². The normalized spacial score (nSPS) is 12.4. The zero-order chi connectivity index (χ0) is 19.4. The van der Waals surface area contributed by atoms with Gasteiger partial charge in [0.15, 0.2) is 6.10 Å². The van der Waals surface area contributed by atoms with E-state index in [2.05, 4.69) is 4.74 Å². The molecular formula is C14H17FN2O7S. The number of sulfonamides is 1. The fraction of sp³-hybridized carbons (Fsp3) is 0.357. The SMILES string of the molecule is COC(=O)NC(=O)[C@H](C)OC(=O)c1cc(S(=O)(=O)N(C)C)ccc1F. The summed E-state index contributed by atoms with van der Waals surface area (Å²) in [4.78, 5) is 34.2. The number of ether oxygens (including phenoxy) is 2. The highest BCUT2D eigenvalue weighted by Crippen LogP contribution is 2.19. The van der Waals surface area contributed by atoms with Gasteiger partial charge in [0.05, 0.1) is 17.6 Å². The molecule has 1 aromatic rings. The van der Waals surface area contributed by atoms with Crippen LogP contribution in [0, 0.1) is 5.82 Å². The molecular weight excluding hydrogens is 359 g/mol. The first-order chi connectivity index (χ1) is 11.5. The summed E-state index contributed by atoms with van der Waals surface area (Å²) in [7, 11) is -0.315. The number of benzene rings is 1. The van der Waals surface area contributed by atoms with Crippen molar-refractivity contribution in [2.45, 2.75) is 17.9 Å². The minimum absolute atomic E-state index is 0.322. The number of rotatable bonds is 5. The lowest BCUT2D eigenvalue weighted by atomic mass is 10.2. The summed E-state index contributed by atoms with van der Waals surface area (Å²) in [5.74, 6) is -3.28. The zero-order valence-corrected chi connectivity index (χ0v) is 14.7. The molecule has 138 valence electrons. The van der Waals surface area contributed by atoms with Crippen molar-refractivity contribution in [3.8, 4) is 0 Å². The fourth-order valence-corrected chi connectivity index (χ4v) is 2.49. The molecule has 0 aliphatic carbocycles. The molecule has 0 unspecified atom stereocenters. The lowest BCUT2D eigenvalue weighted by Crippen LogP contribution is -2.39. The number of amides is 2. The fourth-order valence-electron chi connectivity index (χ4n) is 1.56. The van der Waals surface area contributed by atoms with Crippen LogP contribution in [-0.2, 0) is 24.3 Å². The molecule has 0 aliphatic heterocycles. The average Bonchev–Trinajstić information content (AvgIpc) is 2.54. The van der Waals surface area contributed by atoms with Gasteiger partial charge >= 0.3 is 12.1 Å². The maximum atomic E-state index is 13.8. The Morgan fingerprint density at radius 1 is 1.24 bits per heavy atom. The number of halogens is 1. The molecule has 0 radical (unpaired) electrons. The number of methoxy groups -OCH3 is 1. The van der Waals surface area contributed by atoms with E-state index >= 15 is 0 Å². The van der Waals surface area contributed by atoms with E-state index in [-0.39, 0.29) is 4.90 Å². The van der Waals surface area contributed by atoms with Crippen molar-refractivity contribution in [2.24, 2.45) is 0 Å². The van der Waals surface area contributed by atoms with Crippen LogP contribution in [0.5, 0.6) is 0 Å². The van der Waals surface area contributed by atoms with Crippen molar-refractivity contribution in [1.82, 2.24) is 9.62 Å². The molecule has 1 atom stereocenters. The van der Waals surface area contributed by atoms with Crippen LogP contribution in [0.2, 0.25) is 0 Å². The molecule has 2 amide bonds. The molecule has 1 rings (SSSR count). The lowest BCUT2D eigenvalue weighted by molar-refractivity contribution is -0.128. The molecule has 11 heteroatoms. The van der Waals surface area contributed by atoms with Crippen molar-refractivity contribution in [2.75, 3.05) is 21.2 Å². The van der Waals surface area contributed by atoms with Gasteiger partial charge in [-0.05, 0) is 25.1 Å². The number of esters is 1. The van der Waals surface area contributed by atoms with Crippen LogP contribution in [-0.4, -0.2) is 58.0 Å². The Hall–Kier alpha value is -2.53. The first-order valence-corrected chi connectivity index (χ1v) is 8.26. The number of imide groups is 1. The number of nitrogens with one attached hydrogen (secondary N) is 1. The van der Waals surface area contributed by atoms with Crippen molar-refractivity contribution in [1.29, 1.82) is 0 Å². The van der Waals surface area contributed by atoms with Gasteiger partial charge in [0.1, 0.15) is 5.82 Å². The quantitative estimate of drug-likeness (QED) is 0.743. The monoisotopic (exact) mass is 376 g/mol. The third-order valence-corrected chi connectivity index (χ3v) is 4.81. The predicted molar refractivity (Wildman–Crippen MR) is 82.7 cm³/mol. The summed E-state index contributed by atoms with van der Waals surface area (Å²) in [5.41, 5.74) is -0.666. The maximum Gasteiger partial charge on any atom is 0.413 e. The van der Waals surface area contributed by atoms with Crippen molar-refractivity contribution >= 4 is 28.0 Å². The third-order valence-electron chi connectivity index (χ3n) is 3.00. The Balaban J connectivity index is 3.02. The van der Waals surface area contributed by atoms with Gasteiger partial charge in [0.2, 0.25) is 10.0 Å². The first kappa shape index (κ1) is 20.5. The van der Waals surface area contributed by atoms with Crippen LogP contribution >= 0.6 is 0 Å². The standard InChI is InChI=1S/C14H17FN2O7S/c1-8(12(18)16-14(20)23-4)24-13(19)10-7-9(5-6-11(10)15)25(21,22)17(2)3/h5-8H,1-4H3,(H,16,18,20)/t8-/m0/s1. The molecule has 0 bridgehead atoms. The number of carbonyl (C=O) groups excluding carboxylic acids is 3. The highest BCUT2D eigenvalue weighted by atomic mass is 32.2. The highest BCUT2D eigenvalue weighted by molar-refractivity contribution is 7.89. The van der Waals surface area contributed by atoms with Gasteiger partial charge in [-0.3, -0.25) is 10.1 Å². The molecule has 0 aliphatic rings. The third kappa shape index (κ3) is 4.97. The Morgan fingerprint density at radius 3 is 2.36 bits per heavy atom. The smallest absolute Gasteiger partial charge is 0.413 e. The van der Waals surface area contributed by atoms with Gasteiger partial charge in [0.25, 0.3) is 5.91 Å². The van der Waals surface area contributed by atoms with E-state index in [1.807, 2.05) is 0 Å². The van der Waals surface area contributed by atoms with E-state index in [0.717, 1.165) is 36.5 Å². The van der Waals surface area contributed by atoms with Crippen LogP contribution in [0.1, 0.15) is 17.3 Å². The summed E-state index contributed by atoms with van der Waals surface area (Å²) in [6.07, 6.45) is -2.50. The summed E-state index contributed by atoms with van der Waals surface area (Å²) >= 11 is 0. The number of nitrogens with zero attached hydrogens (tertiary/aromatic N) is 1. The van der Waals surface area contributed by atoms with E-state index in [9.17, 15) is 27.2 Å². The van der Waals surface area contributed by atoms with Gasteiger partial charge in [-0.15, -0.1) is 0 Å². The van der Waals surface area contributed by atoms with E-state index in [1.165, 1.54) is 14.1 Å². The lowest BCUT2D eigenvalue weighted by Gasteiger charge is -2.14. The maximum absolute atomic E-state index is 13.8. The molecule has 9 nitrogen and oxygen atoms in total. The Kier molecular flexibility index (Phi) is 6.59. The van der Waals surface area contributed by atoms with Gasteiger partial charge < -0.3 is 9.47 Å². The van der Waals surface area contributed by atoms with E-state index in [0.29, 0.717) is 0 Å². The molecule has 1 N–H and O–H groups in total. The van der Waals surface area contributed by atoms with E-state index in [4.69, 9.17) is 4.74 Å². The average molecular weight is 376 g/mol. The number of alkyl carbamates (subject to hydrolysis) is 1. The Labute approximate surface area is 143 Å². The van der Waals surface area contributed by atoms with Crippen molar-refractivity contribution in [3.63, 3.8) is 0 Å². The van der Waals surface area contributed by atoms with Crippen LogP contribution < -0.4 is 5.32 Å².